The summed E-state index contributed by atoms with van der Waals surface area (Å²) in [6, 6.07) is 4.63. The van der Waals surface area contributed by atoms with Crippen LogP contribution in [0.4, 0.5) is 16.5 Å². The molecule has 1 atom stereocenters. The summed E-state index contributed by atoms with van der Waals surface area (Å²) in [5.41, 5.74) is 0.354. The van der Waals surface area contributed by atoms with Crippen LogP contribution in [0.5, 0.6) is 0 Å². The summed E-state index contributed by atoms with van der Waals surface area (Å²) in [6.07, 6.45) is 0.283. The van der Waals surface area contributed by atoms with Crippen LogP contribution in [-0.2, 0) is 4.74 Å². The highest BCUT2D eigenvalue weighted by molar-refractivity contribution is 5.77. The number of fused-ring (bicyclic) bond motifs is 1. The summed E-state index contributed by atoms with van der Waals surface area (Å²) >= 11 is 0. The normalized spacial score (nSPS) is 17.7. The molecule has 0 spiro atoms. The number of aromatic nitrogens is 1. The summed E-state index contributed by atoms with van der Waals surface area (Å²) in [5.74, 6) is 0. The summed E-state index contributed by atoms with van der Waals surface area (Å²) in [5, 5.41) is 13.7. The van der Waals surface area contributed by atoms with Gasteiger partial charge in [0.2, 0.25) is 0 Å². The van der Waals surface area contributed by atoms with Crippen molar-refractivity contribution in [2.24, 2.45) is 0 Å². The Morgan fingerprint density at radius 1 is 1.48 bits per heavy atom. The predicted molar refractivity (Wildman–Crippen MR) is 90.7 cm³/mol. The zero-order chi connectivity index (χ0) is 18.2. The molecule has 1 saturated heterocycles. The number of benzene rings is 1. The second-order valence-electron chi connectivity index (χ2n) is 6.98. The number of hydrogen-bond donors (Lipinski definition) is 1. The van der Waals surface area contributed by atoms with Crippen molar-refractivity contribution in [3.8, 4) is 0 Å². The van der Waals surface area contributed by atoms with Crippen LogP contribution in [0.3, 0.4) is 0 Å². The van der Waals surface area contributed by atoms with Gasteiger partial charge >= 0.3 is 6.09 Å². The van der Waals surface area contributed by atoms with Crippen molar-refractivity contribution in [3.05, 3.63) is 28.3 Å². The number of non-ortho nitro benzene ring substituents is 1. The van der Waals surface area contributed by atoms with E-state index < -0.39 is 16.6 Å². The fourth-order valence-electron chi connectivity index (χ4n) is 2.68. The minimum Gasteiger partial charge on any atom is -0.444 e. The smallest absolute Gasteiger partial charge is 0.407 e. The molecule has 9 nitrogen and oxygen atoms in total. The van der Waals surface area contributed by atoms with Gasteiger partial charge in [0, 0.05) is 25.2 Å². The molecule has 1 unspecified atom stereocenters. The van der Waals surface area contributed by atoms with E-state index >= 15 is 0 Å². The molecular weight excluding hydrogens is 328 g/mol. The van der Waals surface area contributed by atoms with E-state index in [0.717, 1.165) is 6.42 Å². The molecule has 2 aromatic rings. The van der Waals surface area contributed by atoms with Crippen molar-refractivity contribution in [2.75, 3.05) is 18.0 Å². The molecule has 0 radical (unpaired) electrons. The maximum Gasteiger partial charge on any atom is 0.407 e. The molecule has 1 aromatic carbocycles. The standard InChI is InChI=1S/C16H20N4O5/c1-16(2,3)25-15(21)17-10-6-7-19(9-10)14-18-12-8-11(20(22)23)4-5-13(12)24-14/h4-5,8,10H,6-7,9H2,1-3H3,(H,17,21). The predicted octanol–water partition coefficient (Wildman–Crippen LogP) is 2.84. The molecule has 1 aliphatic heterocycles. The van der Waals surface area contributed by atoms with Crippen molar-refractivity contribution >= 4 is 28.9 Å². The van der Waals surface area contributed by atoms with Gasteiger partial charge in [-0.1, -0.05) is 0 Å². The van der Waals surface area contributed by atoms with E-state index in [2.05, 4.69) is 10.3 Å². The van der Waals surface area contributed by atoms with E-state index in [-0.39, 0.29) is 11.7 Å². The Bertz CT molecular complexity index is 810. The zero-order valence-corrected chi connectivity index (χ0v) is 14.3. The van der Waals surface area contributed by atoms with Crippen LogP contribution in [-0.4, -0.2) is 40.7 Å². The molecule has 0 aliphatic carbocycles. The zero-order valence-electron chi connectivity index (χ0n) is 14.3. The van der Waals surface area contributed by atoms with Gasteiger partial charge in [-0.3, -0.25) is 10.1 Å². The average molecular weight is 348 g/mol. The molecule has 1 fully saturated rings. The summed E-state index contributed by atoms with van der Waals surface area (Å²) in [6.45, 7) is 6.63. The van der Waals surface area contributed by atoms with Gasteiger partial charge < -0.3 is 19.4 Å². The van der Waals surface area contributed by atoms with Crippen molar-refractivity contribution < 1.29 is 18.9 Å². The lowest BCUT2D eigenvalue weighted by Crippen LogP contribution is -2.40. The molecule has 0 saturated carbocycles. The summed E-state index contributed by atoms with van der Waals surface area (Å²) in [7, 11) is 0. The van der Waals surface area contributed by atoms with E-state index in [1.165, 1.54) is 18.2 Å². The van der Waals surface area contributed by atoms with Gasteiger partial charge in [0.15, 0.2) is 5.58 Å². The molecule has 1 N–H and O–H groups in total. The van der Waals surface area contributed by atoms with Gasteiger partial charge in [0.25, 0.3) is 11.7 Å². The lowest BCUT2D eigenvalue weighted by Gasteiger charge is -2.21. The molecule has 134 valence electrons. The molecular formula is C16H20N4O5. The van der Waals surface area contributed by atoms with E-state index in [1.807, 2.05) is 25.7 Å². The number of amides is 1. The first kappa shape index (κ1) is 17.0. The summed E-state index contributed by atoms with van der Waals surface area (Å²) in [4.78, 5) is 28.4. The number of nitrogens with zero attached hydrogens (tertiary/aromatic N) is 3. The Hall–Kier alpha value is -2.84. The molecule has 1 aliphatic rings. The Morgan fingerprint density at radius 3 is 2.92 bits per heavy atom. The van der Waals surface area contributed by atoms with Gasteiger partial charge in [0.1, 0.15) is 11.1 Å². The van der Waals surface area contributed by atoms with Gasteiger partial charge in [-0.2, -0.15) is 4.98 Å². The second kappa shape index (κ2) is 6.23. The van der Waals surface area contributed by atoms with Crippen LogP contribution >= 0.6 is 0 Å². The molecule has 1 aromatic heterocycles. The highest BCUT2D eigenvalue weighted by atomic mass is 16.6. The number of carbonyl (C=O) groups excluding carboxylic acids is 1. The van der Waals surface area contributed by atoms with Crippen molar-refractivity contribution in [3.63, 3.8) is 0 Å². The third-order valence-corrected chi connectivity index (χ3v) is 3.75. The van der Waals surface area contributed by atoms with E-state index in [9.17, 15) is 14.9 Å². The average Bonchev–Trinajstić information content (AvgIpc) is 3.10. The number of ether oxygens (including phenoxy) is 1. The first-order chi connectivity index (χ1) is 11.7. The number of alkyl carbamates (subject to hydrolysis) is 1. The fourth-order valence-corrected chi connectivity index (χ4v) is 2.68. The van der Waals surface area contributed by atoms with E-state index in [1.54, 1.807) is 0 Å². The topological polar surface area (TPSA) is 111 Å². The van der Waals surface area contributed by atoms with Crippen molar-refractivity contribution in [1.29, 1.82) is 0 Å². The highest BCUT2D eigenvalue weighted by Gasteiger charge is 2.28. The molecule has 1 amide bonds. The number of carbonyl (C=O) groups is 1. The third-order valence-electron chi connectivity index (χ3n) is 3.75. The van der Waals surface area contributed by atoms with Crippen LogP contribution in [0.25, 0.3) is 11.1 Å². The van der Waals surface area contributed by atoms with Crippen LogP contribution in [0, 0.1) is 10.1 Å². The van der Waals surface area contributed by atoms with E-state index in [0.29, 0.717) is 30.2 Å². The van der Waals surface area contributed by atoms with Gasteiger partial charge in [-0.25, -0.2) is 4.79 Å². The van der Waals surface area contributed by atoms with Gasteiger partial charge in [-0.15, -0.1) is 0 Å². The maximum absolute atomic E-state index is 11.8. The van der Waals surface area contributed by atoms with Crippen LogP contribution < -0.4 is 10.2 Å². The molecule has 2 heterocycles. The maximum atomic E-state index is 11.8. The highest BCUT2D eigenvalue weighted by Crippen LogP contribution is 2.27. The Kier molecular flexibility index (Phi) is 4.23. The number of anilines is 1. The van der Waals surface area contributed by atoms with Gasteiger partial charge in [0.05, 0.1) is 11.0 Å². The lowest BCUT2D eigenvalue weighted by molar-refractivity contribution is -0.384. The van der Waals surface area contributed by atoms with Crippen LogP contribution in [0.1, 0.15) is 27.2 Å². The number of nitro benzene ring substituents is 1. The Balaban J connectivity index is 1.66. The SMILES string of the molecule is CC(C)(C)OC(=O)NC1CCN(c2nc3cc([N+](=O)[O-])ccc3o2)C1. The number of hydrogen-bond acceptors (Lipinski definition) is 7. The van der Waals surface area contributed by atoms with Crippen LogP contribution in [0.15, 0.2) is 22.6 Å². The number of nitro groups is 1. The third kappa shape index (κ3) is 3.98. The van der Waals surface area contributed by atoms with Gasteiger partial charge in [-0.05, 0) is 33.3 Å². The molecule has 9 heteroatoms. The monoisotopic (exact) mass is 348 g/mol. The quantitative estimate of drug-likeness (QED) is 0.670. The second-order valence-corrected chi connectivity index (χ2v) is 6.98. The van der Waals surface area contributed by atoms with Crippen LogP contribution in [0.2, 0.25) is 0 Å². The Labute approximate surface area is 144 Å². The summed E-state index contributed by atoms with van der Waals surface area (Å²) < 4.78 is 10.9. The molecule has 3 rings (SSSR count). The number of rotatable bonds is 3. The number of oxazole rings is 1. The molecule has 0 bridgehead atoms. The first-order valence-electron chi connectivity index (χ1n) is 8.01. The minimum absolute atomic E-state index is 0.0294. The van der Waals surface area contributed by atoms with Crippen molar-refractivity contribution in [1.82, 2.24) is 10.3 Å². The lowest BCUT2D eigenvalue weighted by atomic mass is 10.2. The molecule has 25 heavy (non-hydrogen) atoms. The largest absolute Gasteiger partial charge is 0.444 e. The van der Waals surface area contributed by atoms with E-state index in [4.69, 9.17) is 9.15 Å². The fraction of sp³-hybridized carbons (Fsp3) is 0.500. The van der Waals surface area contributed by atoms with Crippen molar-refractivity contribution in [2.45, 2.75) is 38.8 Å². The Morgan fingerprint density at radius 2 is 2.24 bits per heavy atom. The first-order valence-corrected chi connectivity index (χ1v) is 8.01. The minimum atomic E-state index is -0.544. The number of nitrogens with one attached hydrogen (secondary N) is 1.